The lowest BCUT2D eigenvalue weighted by Crippen LogP contribution is -2.30. The second-order valence-corrected chi connectivity index (χ2v) is 5.20. The monoisotopic (exact) mass is 343 g/mol. The number of nitrogens with two attached hydrogens (primary N) is 1. The standard InChI is InChI=1S/C14H12F3N3O2S/c1-2-22-13(21)9(5-18)12(14(15,16)17)20-10-6-19-7-11-8(10)3-4-23-11/h3-7H,2,18H2,1H3. The van der Waals surface area contributed by atoms with Crippen molar-refractivity contribution in [1.82, 2.24) is 4.98 Å². The lowest BCUT2D eigenvalue weighted by Gasteiger charge is -2.13. The van der Waals surface area contributed by atoms with E-state index in [1.807, 2.05) is 0 Å². The Morgan fingerprint density at radius 2 is 2.22 bits per heavy atom. The van der Waals surface area contributed by atoms with Crippen molar-refractivity contribution in [1.29, 1.82) is 0 Å². The molecule has 122 valence electrons. The van der Waals surface area contributed by atoms with Crippen molar-refractivity contribution in [2.45, 2.75) is 13.1 Å². The Kier molecular flexibility index (Phi) is 4.99. The normalized spacial score (nSPS) is 13.4. The van der Waals surface area contributed by atoms with Gasteiger partial charge in [-0.15, -0.1) is 11.3 Å². The summed E-state index contributed by atoms with van der Waals surface area (Å²) in [5.74, 6) is -1.18. The SMILES string of the molecule is CCOC(=O)C(=CN)C(=Nc1cncc2sccc12)C(F)(F)F. The molecule has 2 heterocycles. The zero-order valence-corrected chi connectivity index (χ0v) is 12.7. The topological polar surface area (TPSA) is 77.6 Å². The quantitative estimate of drug-likeness (QED) is 0.525. The van der Waals surface area contributed by atoms with Crippen LogP contribution in [0.5, 0.6) is 0 Å². The molecule has 5 nitrogen and oxygen atoms in total. The summed E-state index contributed by atoms with van der Waals surface area (Å²) >= 11 is 1.32. The van der Waals surface area contributed by atoms with E-state index in [0.29, 0.717) is 16.3 Å². The lowest BCUT2D eigenvalue weighted by atomic mass is 10.1. The number of halogens is 3. The number of aromatic nitrogens is 1. The molecule has 0 atom stereocenters. The molecule has 0 aromatic carbocycles. The third kappa shape index (κ3) is 3.67. The molecule has 0 bridgehead atoms. The highest BCUT2D eigenvalue weighted by Gasteiger charge is 2.41. The largest absolute Gasteiger partial charge is 0.462 e. The molecule has 0 unspecified atom stereocenters. The summed E-state index contributed by atoms with van der Waals surface area (Å²) in [6.45, 7) is 1.40. The first kappa shape index (κ1) is 16.9. The number of nitrogens with zero attached hydrogens (tertiary/aromatic N) is 2. The van der Waals surface area contributed by atoms with Gasteiger partial charge in [-0.1, -0.05) is 0 Å². The van der Waals surface area contributed by atoms with E-state index in [2.05, 4.69) is 14.7 Å². The molecule has 0 saturated carbocycles. The van der Waals surface area contributed by atoms with Gasteiger partial charge in [-0.05, 0) is 18.4 Å². The van der Waals surface area contributed by atoms with Gasteiger partial charge < -0.3 is 10.5 Å². The first-order valence-corrected chi connectivity index (χ1v) is 7.33. The number of hydrogen-bond acceptors (Lipinski definition) is 6. The van der Waals surface area contributed by atoms with Crippen LogP contribution in [0, 0.1) is 0 Å². The summed E-state index contributed by atoms with van der Waals surface area (Å²) in [5.41, 5.74) is 2.93. The van der Waals surface area contributed by atoms with Gasteiger partial charge in [0, 0.05) is 17.8 Å². The van der Waals surface area contributed by atoms with E-state index in [4.69, 9.17) is 5.73 Å². The molecule has 0 saturated heterocycles. The molecule has 0 aliphatic heterocycles. The maximum atomic E-state index is 13.3. The predicted molar refractivity (Wildman–Crippen MR) is 81.7 cm³/mol. The average Bonchev–Trinajstić information content (AvgIpc) is 2.95. The van der Waals surface area contributed by atoms with Gasteiger partial charge in [0.05, 0.1) is 23.2 Å². The van der Waals surface area contributed by atoms with Crippen molar-refractivity contribution < 1.29 is 22.7 Å². The minimum atomic E-state index is -4.88. The summed E-state index contributed by atoms with van der Waals surface area (Å²) in [7, 11) is 0. The Hall–Kier alpha value is -2.42. The third-order valence-electron chi connectivity index (χ3n) is 2.78. The van der Waals surface area contributed by atoms with Gasteiger partial charge in [0.25, 0.3) is 0 Å². The van der Waals surface area contributed by atoms with Crippen LogP contribution in [0.25, 0.3) is 10.1 Å². The number of alkyl halides is 3. The Morgan fingerprint density at radius 3 is 2.83 bits per heavy atom. The van der Waals surface area contributed by atoms with Crippen molar-refractivity contribution in [2.75, 3.05) is 6.61 Å². The van der Waals surface area contributed by atoms with Gasteiger partial charge in [0.2, 0.25) is 0 Å². The number of carbonyl (C=O) groups excluding carboxylic acids is 1. The van der Waals surface area contributed by atoms with Gasteiger partial charge >= 0.3 is 12.1 Å². The summed E-state index contributed by atoms with van der Waals surface area (Å²) in [5, 5.41) is 2.22. The van der Waals surface area contributed by atoms with Crippen LogP contribution in [-0.2, 0) is 9.53 Å². The Bertz CT molecular complexity index is 781. The molecule has 2 rings (SSSR count). The number of thiophene rings is 1. The zero-order chi connectivity index (χ0) is 17.0. The minimum absolute atomic E-state index is 0.000256. The Balaban J connectivity index is 2.59. The van der Waals surface area contributed by atoms with Crippen LogP contribution in [0.3, 0.4) is 0 Å². The van der Waals surface area contributed by atoms with E-state index in [9.17, 15) is 18.0 Å². The smallest absolute Gasteiger partial charge is 0.434 e. The number of hydrogen-bond donors (Lipinski definition) is 1. The highest BCUT2D eigenvalue weighted by atomic mass is 32.1. The summed E-state index contributed by atoms with van der Waals surface area (Å²) in [6.07, 6.45) is -1.61. The molecule has 9 heteroatoms. The van der Waals surface area contributed by atoms with Gasteiger partial charge in [0.15, 0.2) is 5.71 Å². The van der Waals surface area contributed by atoms with Crippen LogP contribution in [0.4, 0.5) is 18.9 Å². The Morgan fingerprint density at radius 1 is 1.48 bits per heavy atom. The molecule has 0 fully saturated rings. The van der Waals surface area contributed by atoms with E-state index in [1.165, 1.54) is 30.7 Å². The van der Waals surface area contributed by atoms with E-state index in [-0.39, 0.29) is 12.3 Å². The van der Waals surface area contributed by atoms with Crippen LogP contribution >= 0.6 is 11.3 Å². The summed E-state index contributed by atoms with van der Waals surface area (Å²) in [4.78, 5) is 19.1. The van der Waals surface area contributed by atoms with Gasteiger partial charge in [-0.3, -0.25) is 4.98 Å². The van der Waals surface area contributed by atoms with Crippen molar-refractivity contribution in [2.24, 2.45) is 10.7 Å². The fourth-order valence-corrected chi connectivity index (χ4v) is 2.59. The van der Waals surface area contributed by atoms with Crippen LogP contribution in [0.15, 0.2) is 40.6 Å². The molecule has 0 spiro atoms. The average molecular weight is 343 g/mol. The predicted octanol–water partition coefficient (Wildman–Crippen LogP) is 3.34. The third-order valence-corrected chi connectivity index (χ3v) is 3.63. The van der Waals surface area contributed by atoms with Crippen LogP contribution in [0.1, 0.15) is 6.92 Å². The second kappa shape index (κ2) is 6.78. The molecule has 0 aliphatic rings. The molecule has 2 N–H and O–H groups in total. The van der Waals surface area contributed by atoms with Crippen molar-refractivity contribution in [3.05, 3.63) is 35.6 Å². The van der Waals surface area contributed by atoms with Crippen molar-refractivity contribution in [3.63, 3.8) is 0 Å². The number of ether oxygens (including phenoxy) is 1. The number of carbonyl (C=O) groups is 1. The molecule has 0 radical (unpaired) electrons. The second-order valence-electron chi connectivity index (χ2n) is 4.25. The van der Waals surface area contributed by atoms with E-state index in [1.54, 1.807) is 11.4 Å². The maximum absolute atomic E-state index is 13.3. The van der Waals surface area contributed by atoms with Crippen molar-refractivity contribution in [3.8, 4) is 0 Å². The highest BCUT2D eigenvalue weighted by Crippen LogP contribution is 2.32. The first-order chi connectivity index (χ1) is 10.9. The fourth-order valence-electron chi connectivity index (χ4n) is 1.82. The van der Waals surface area contributed by atoms with Crippen LogP contribution in [-0.4, -0.2) is 29.4 Å². The van der Waals surface area contributed by atoms with Crippen LogP contribution in [0.2, 0.25) is 0 Å². The highest BCUT2D eigenvalue weighted by molar-refractivity contribution is 7.17. The molecule has 0 amide bonds. The fraction of sp³-hybridized carbons (Fsp3) is 0.214. The molecular formula is C14H12F3N3O2S. The molecule has 0 aliphatic carbocycles. The van der Waals surface area contributed by atoms with E-state index < -0.39 is 23.4 Å². The van der Waals surface area contributed by atoms with Gasteiger partial charge in [-0.2, -0.15) is 13.2 Å². The summed E-state index contributed by atoms with van der Waals surface area (Å²) < 4.78 is 45.2. The first-order valence-electron chi connectivity index (χ1n) is 6.45. The van der Waals surface area contributed by atoms with E-state index >= 15 is 0 Å². The number of esters is 1. The van der Waals surface area contributed by atoms with Gasteiger partial charge in [-0.25, -0.2) is 9.79 Å². The number of fused-ring (bicyclic) bond motifs is 1. The van der Waals surface area contributed by atoms with Crippen LogP contribution < -0.4 is 5.73 Å². The Labute approximate surface area is 133 Å². The number of pyridine rings is 1. The number of aliphatic imine (C=N–C) groups is 1. The van der Waals surface area contributed by atoms with E-state index in [0.717, 1.165) is 0 Å². The molecule has 2 aromatic rings. The number of rotatable bonds is 4. The van der Waals surface area contributed by atoms with Crippen molar-refractivity contribution >= 4 is 38.8 Å². The molecule has 2 aromatic heterocycles. The maximum Gasteiger partial charge on any atom is 0.434 e. The zero-order valence-electron chi connectivity index (χ0n) is 11.9. The summed E-state index contributed by atoms with van der Waals surface area (Å²) in [6, 6.07) is 1.63. The molecular weight excluding hydrogens is 331 g/mol. The lowest BCUT2D eigenvalue weighted by molar-refractivity contribution is -0.138. The minimum Gasteiger partial charge on any atom is -0.462 e. The van der Waals surface area contributed by atoms with Gasteiger partial charge in [0.1, 0.15) is 5.57 Å². The molecule has 23 heavy (non-hydrogen) atoms.